The van der Waals surface area contributed by atoms with Crippen LogP contribution in [0.25, 0.3) is 5.65 Å². The van der Waals surface area contributed by atoms with Gasteiger partial charge in [0.25, 0.3) is 12.3 Å². The molecule has 1 amide bonds. The average molecular weight is 358 g/mol. The smallest absolute Gasteiger partial charge is 0.280 e. The van der Waals surface area contributed by atoms with Gasteiger partial charge in [-0.3, -0.25) is 4.79 Å². The lowest BCUT2D eigenvalue weighted by Gasteiger charge is -2.10. The van der Waals surface area contributed by atoms with Gasteiger partial charge in [-0.15, -0.1) is 0 Å². The minimum absolute atomic E-state index is 0.119. The van der Waals surface area contributed by atoms with E-state index >= 15 is 0 Å². The first-order valence-corrected chi connectivity index (χ1v) is 8.45. The summed E-state index contributed by atoms with van der Waals surface area (Å²) in [5.74, 6) is 0.00826. The number of nitrogens with one attached hydrogen (secondary N) is 1. The van der Waals surface area contributed by atoms with Gasteiger partial charge in [-0.05, 0) is 43.0 Å². The molecule has 0 aliphatic rings. The Labute approximate surface area is 150 Å². The molecule has 0 saturated carbocycles. The fraction of sp³-hybridized carbons (Fsp3) is 0.316. The third-order valence-electron chi connectivity index (χ3n) is 4.45. The van der Waals surface area contributed by atoms with Crippen LogP contribution in [0.1, 0.15) is 59.9 Å². The van der Waals surface area contributed by atoms with E-state index in [-0.39, 0.29) is 16.9 Å². The molecule has 0 unspecified atom stereocenters. The molecule has 2 aromatic heterocycles. The number of aryl methyl sites for hydroxylation is 1. The third-order valence-corrected chi connectivity index (χ3v) is 4.45. The molecule has 1 N–H and O–H groups in total. The Kier molecular flexibility index (Phi) is 4.97. The Balaban J connectivity index is 1.89. The molecule has 2 heterocycles. The molecule has 3 aromatic rings. The monoisotopic (exact) mass is 358 g/mol. The predicted octanol–water partition coefficient (Wildman–Crippen LogP) is 4.74. The maximum atomic E-state index is 13.2. The third kappa shape index (κ3) is 3.42. The topological polar surface area (TPSA) is 59.3 Å². The van der Waals surface area contributed by atoms with E-state index < -0.39 is 12.3 Å². The van der Waals surface area contributed by atoms with Crippen molar-refractivity contribution in [3.63, 3.8) is 0 Å². The molecule has 7 heteroatoms. The van der Waals surface area contributed by atoms with E-state index in [4.69, 9.17) is 0 Å². The zero-order valence-corrected chi connectivity index (χ0v) is 14.8. The molecule has 1 aromatic carbocycles. The molecule has 1 atom stereocenters. The fourth-order valence-corrected chi connectivity index (χ4v) is 2.76. The summed E-state index contributed by atoms with van der Waals surface area (Å²) in [7, 11) is 0. The number of amides is 1. The quantitative estimate of drug-likeness (QED) is 0.716. The minimum Gasteiger partial charge on any atom is -0.322 e. The number of nitrogens with zero attached hydrogens (tertiary/aromatic N) is 3. The van der Waals surface area contributed by atoms with Crippen molar-refractivity contribution in [2.24, 2.45) is 0 Å². The first-order valence-electron chi connectivity index (χ1n) is 8.45. The van der Waals surface area contributed by atoms with Crippen LogP contribution in [0, 0.1) is 6.92 Å². The van der Waals surface area contributed by atoms with Gasteiger partial charge in [0.15, 0.2) is 5.65 Å². The first-order chi connectivity index (χ1) is 12.4. The number of hydrogen-bond acceptors (Lipinski definition) is 3. The van der Waals surface area contributed by atoms with E-state index in [0.29, 0.717) is 17.3 Å². The van der Waals surface area contributed by atoms with Crippen LogP contribution in [0.5, 0.6) is 0 Å². The molecule has 3 rings (SSSR count). The van der Waals surface area contributed by atoms with Gasteiger partial charge in [0.1, 0.15) is 11.3 Å². The second-order valence-corrected chi connectivity index (χ2v) is 6.30. The Hall–Kier alpha value is -2.83. The van der Waals surface area contributed by atoms with E-state index in [2.05, 4.69) is 29.2 Å². The number of hydrogen-bond donors (Lipinski definition) is 1. The summed E-state index contributed by atoms with van der Waals surface area (Å²) in [5.41, 5.74) is 2.21. The fourth-order valence-electron chi connectivity index (χ4n) is 2.76. The van der Waals surface area contributed by atoms with E-state index in [1.165, 1.54) is 17.8 Å². The number of anilines is 1. The molecule has 0 saturated heterocycles. The number of carbonyl (C=O) groups is 1. The van der Waals surface area contributed by atoms with Gasteiger partial charge < -0.3 is 5.32 Å². The highest BCUT2D eigenvalue weighted by molar-refractivity contribution is 6.08. The summed E-state index contributed by atoms with van der Waals surface area (Å²) < 4.78 is 27.4. The van der Waals surface area contributed by atoms with Crippen molar-refractivity contribution in [3.8, 4) is 0 Å². The van der Waals surface area contributed by atoms with Gasteiger partial charge in [-0.1, -0.05) is 26.0 Å². The van der Waals surface area contributed by atoms with Crippen LogP contribution in [-0.4, -0.2) is 20.5 Å². The summed E-state index contributed by atoms with van der Waals surface area (Å²) in [6.45, 7) is 5.86. The van der Waals surface area contributed by atoms with Crippen molar-refractivity contribution in [2.45, 2.75) is 39.5 Å². The highest BCUT2D eigenvalue weighted by Crippen LogP contribution is 2.23. The first kappa shape index (κ1) is 18.0. The Morgan fingerprint density at radius 1 is 1.27 bits per heavy atom. The lowest BCUT2D eigenvalue weighted by atomic mass is 9.99. The molecule has 26 heavy (non-hydrogen) atoms. The van der Waals surface area contributed by atoms with E-state index in [0.717, 1.165) is 10.9 Å². The Bertz CT molecular complexity index is 935. The lowest BCUT2D eigenvalue weighted by Crippen LogP contribution is -2.13. The van der Waals surface area contributed by atoms with Gasteiger partial charge in [-0.25, -0.2) is 18.3 Å². The number of alkyl halides is 2. The molecule has 0 fully saturated rings. The van der Waals surface area contributed by atoms with Gasteiger partial charge in [0, 0.05) is 11.4 Å². The summed E-state index contributed by atoms with van der Waals surface area (Å²) in [6, 6.07) is 8.86. The molecule has 136 valence electrons. The largest absolute Gasteiger partial charge is 0.322 e. The summed E-state index contributed by atoms with van der Waals surface area (Å²) in [4.78, 5) is 16.8. The van der Waals surface area contributed by atoms with Crippen LogP contribution in [0.3, 0.4) is 0 Å². The van der Waals surface area contributed by atoms with Gasteiger partial charge >= 0.3 is 0 Å². The lowest BCUT2D eigenvalue weighted by molar-refractivity contribution is 0.102. The molecule has 0 aliphatic carbocycles. The zero-order chi connectivity index (χ0) is 18.8. The van der Waals surface area contributed by atoms with Crippen LogP contribution in [0.2, 0.25) is 0 Å². The number of fused-ring (bicyclic) bond motifs is 1. The highest BCUT2D eigenvalue weighted by Gasteiger charge is 2.20. The summed E-state index contributed by atoms with van der Waals surface area (Å²) >= 11 is 0. The number of aromatic nitrogens is 3. The van der Waals surface area contributed by atoms with Crippen molar-refractivity contribution < 1.29 is 13.6 Å². The van der Waals surface area contributed by atoms with Gasteiger partial charge in [0.05, 0.1) is 6.20 Å². The second-order valence-electron chi connectivity index (χ2n) is 6.30. The summed E-state index contributed by atoms with van der Waals surface area (Å²) in [5, 5.41) is 6.67. The number of benzene rings is 1. The standard InChI is InChI=1S/C19H20F2N4O/c1-4-11(2)13-5-7-14(8-6-13)24-19(26)15-10-22-25-16(17(20)21)9-12(3)23-18(15)25/h5-11,17H,4H2,1-3H3,(H,24,26)/t11-/m0/s1. The van der Waals surface area contributed by atoms with Crippen LogP contribution >= 0.6 is 0 Å². The predicted molar refractivity (Wildman–Crippen MR) is 95.8 cm³/mol. The van der Waals surface area contributed by atoms with E-state index in [1.807, 2.05) is 24.3 Å². The second kappa shape index (κ2) is 7.19. The van der Waals surface area contributed by atoms with Gasteiger partial charge in [-0.2, -0.15) is 5.10 Å². The van der Waals surface area contributed by atoms with Crippen molar-refractivity contribution in [3.05, 3.63) is 59.0 Å². The molecular weight excluding hydrogens is 338 g/mol. The average Bonchev–Trinajstić information content (AvgIpc) is 3.04. The molecule has 5 nitrogen and oxygen atoms in total. The number of carbonyl (C=O) groups excluding carboxylic acids is 1. The maximum absolute atomic E-state index is 13.2. The zero-order valence-electron chi connectivity index (χ0n) is 14.8. The Morgan fingerprint density at radius 2 is 1.96 bits per heavy atom. The van der Waals surface area contributed by atoms with E-state index in [1.54, 1.807) is 6.92 Å². The van der Waals surface area contributed by atoms with Gasteiger partial charge in [0.2, 0.25) is 0 Å². The molecule has 0 spiro atoms. The maximum Gasteiger partial charge on any atom is 0.280 e. The molecule has 0 aliphatic heterocycles. The van der Waals surface area contributed by atoms with Crippen LogP contribution in [-0.2, 0) is 0 Å². The normalized spacial score (nSPS) is 12.5. The van der Waals surface area contributed by atoms with Crippen LogP contribution < -0.4 is 5.32 Å². The molecule has 0 bridgehead atoms. The van der Waals surface area contributed by atoms with Crippen molar-refractivity contribution in [2.75, 3.05) is 5.32 Å². The van der Waals surface area contributed by atoms with Crippen LogP contribution in [0.15, 0.2) is 36.5 Å². The van der Waals surface area contributed by atoms with Crippen LogP contribution in [0.4, 0.5) is 14.5 Å². The Morgan fingerprint density at radius 3 is 2.58 bits per heavy atom. The number of rotatable bonds is 5. The summed E-state index contributed by atoms with van der Waals surface area (Å²) in [6.07, 6.45) is -0.412. The van der Waals surface area contributed by atoms with Crippen molar-refractivity contribution in [1.82, 2.24) is 14.6 Å². The SMILES string of the molecule is CC[C@H](C)c1ccc(NC(=O)c2cnn3c(C(F)F)cc(C)nc23)cc1. The highest BCUT2D eigenvalue weighted by atomic mass is 19.3. The van der Waals surface area contributed by atoms with E-state index in [9.17, 15) is 13.6 Å². The molecular formula is C19H20F2N4O. The van der Waals surface area contributed by atoms with Crippen molar-refractivity contribution >= 4 is 17.2 Å². The molecule has 0 radical (unpaired) electrons. The van der Waals surface area contributed by atoms with Crippen molar-refractivity contribution in [1.29, 1.82) is 0 Å². The minimum atomic E-state index is -2.71. The number of halogens is 2.